The molecule has 0 bridgehead atoms. The first-order chi connectivity index (χ1) is 9.87. The smallest absolute Gasteiger partial charge is 0.243 e. The number of hydrogen-bond donors (Lipinski definition) is 1. The second-order valence-corrected chi connectivity index (χ2v) is 7.54. The van der Waals surface area contributed by atoms with Crippen LogP contribution >= 0.6 is 12.4 Å². The highest BCUT2D eigenvalue weighted by molar-refractivity contribution is 7.89. The average Bonchev–Trinajstić information content (AvgIpc) is 2.37. The fourth-order valence-corrected chi connectivity index (χ4v) is 5.33. The van der Waals surface area contributed by atoms with Crippen molar-refractivity contribution in [2.75, 3.05) is 13.1 Å². The van der Waals surface area contributed by atoms with Gasteiger partial charge in [0.05, 0.1) is 4.90 Å². The SMILES string of the molecule is Cc1cc(F)cc(C)c1S(=O)(=O)N1CCCCC1CCN.Cl. The largest absolute Gasteiger partial charge is 0.330 e. The van der Waals surface area contributed by atoms with Gasteiger partial charge in [-0.15, -0.1) is 12.4 Å². The third kappa shape index (κ3) is 3.79. The first-order valence-corrected chi connectivity index (χ1v) is 8.80. The fourth-order valence-electron chi connectivity index (χ4n) is 3.19. The monoisotopic (exact) mass is 350 g/mol. The third-order valence-electron chi connectivity index (χ3n) is 4.06. The van der Waals surface area contributed by atoms with Crippen molar-refractivity contribution in [1.82, 2.24) is 4.31 Å². The maximum absolute atomic E-state index is 13.4. The van der Waals surface area contributed by atoms with Gasteiger partial charge in [-0.3, -0.25) is 0 Å². The number of aryl methyl sites for hydroxylation is 2. The Kier molecular flexibility index (Phi) is 6.80. The van der Waals surface area contributed by atoms with Crippen molar-refractivity contribution in [2.45, 2.75) is 50.5 Å². The van der Waals surface area contributed by atoms with E-state index in [9.17, 15) is 12.8 Å². The predicted octanol–water partition coefficient (Wildman–Crippen LogP) is 2.76. The molecule has 0 saturated carbocycles. The molecule has 1 atom stereocenters. The zero-order valence-corrected chi connectivity index (χ0v) is 14.6. The van der Waals surface area contributed by atoms with Gasteiger partial charge in [0.1, 0.15) is 5.82 Å². The van der Waals surface area contributed by atoms with Gasteiger partial charge in [0.15, 0.2) is 0 Å². The van der Waals surface area contributed by atoms with Gasteiger partial charge in [0.2, 0.25) is 10.0 Å². The molecule has 1 saturated heterocycles. The van der Waals surface area contributed by atoms with Gasteiger partial charge in [-0.2, -0.15) is 4.31 Å². The molecule has 2 rings (SSSR count). The lowest BCUT2D eigenvalue weighted by atomic mass is 10.0. The van der Waals surface area contributed by atoms with Crippen LogP contribution in [0.3, 0.4) is 0 Å². The van der Waals surface area contributed by atoms with Gasteiger partial charge >= 0.3 is 0 Å². The molecule has 0 amide bonds. The molecule has 2 N–H and O–H groups in total. The molecule has 0 radical (unpaired) electrons. The van der Waals surface area contributed by atoms with Crippen LogP contribution in [0.5, 0.6) is 0 Å². The van der Waals surface area contributed by atoms with E-state index in [0.717, 1.165) is 19.3 Å². The summed E-state index contributed by atoms with van der Waals surface area (Å²) in [7, 11) is -3.60. The zero-order valence-electron chi connectivity index (χ0n) is 13.0. The average molecular weight is 351 g/mol. The van der Waals surface area contributed by atoms with Crippen LogP contribution < -0.4 is 5.73 Å². The van der Waals surface area contributed by atoms with E-state index >= 15 is 0 Å². The van der Waals surface area contributed by atoms with Gasteiger partial charge in [-0.25, -0.2) is 12.8 Å². The molecule has 1 heterocycles. The minimum absolute atomic E-state index is 0. The summed E-state index contributed by atoms with van der Waals surface area (Å²) in [5.74, 6) is -0.402. The molecule has 1 aliphatic rings. The zero-order chi connectivity index (χ0) is 15.6. The minimum Gasteiger partial charge on any atom is -0.330 e. The summed E-state index contributed by atoms with van der Waals surface area (Å²) in [5.41, 5.74) is 6.54. The van der Waals surface area contributed by atoms with Gasteiger partial charge in [0, 0.05) is 12.6 Å². The van der Waals surface area contributed by atoms with E-state index < -0.39 is 15.8 Å². The normalized spacial score (nSPS) is 19.7. The van der Waals surface area contributed by atoms with Crippen LogP contribution in [0.4, 0.5) is 4.39 Å². The van der Waals surface area contributed by atoms with Gasteiger partial charge in [-0.05, 0) is 62.9 Å². The second kappa shape index (κ2) is 7.73. The molecule has 7 heteroatoms. The lowest BCUT2D eigenvalue weighted by molar-refractivity contribution is 0.243. The summed E-state index contributed by atoms with van der Waals surface area (Å²) >= 11 is 0. The van der Waals surface area contributed by atoms with Crippen molar-refractivity contribution in [2.24, 2.45) is 5.73 Å². The molecule has 0 spiro atoms. The Balaban J connectivity index is 0.00000242. The highest BCUT2D eigenvalue weighted by atomic mass is 35.5. The van der Waals surface area contributed by atoms with E-state index in [1.165, 1.54) is 12.1 Å². The van der Waals surface area contributed by atoms with Gasteiger partial charge in [0.25, 0.3) is 0 Å². The number of nitrogens with two attached hydrogens (primary N) is 1. The molecule has 4 nitrogen and oxygen atoms in total. The van der Waals surface area contributed by atoms with Crippen LogP contribution in [-0.4, -0.2) is 31.9 Å². The number of piperidine rings is 1. The number of nitrogens with zero attached hydrogens (tertiary/aromatic N) is 1. The quantitative estimate of drug-likeness (QED) is 0.908. The Labute approximate surface area is 138 Å². The highest BCUT2D eigenvalue weighted by Gasteiger charge is 2.34. The van der Waals surface area contributed by atoms with E-state index in [1.807, 2.05) is 0 Å². The third-order valence-corrected chi connectivity index (χ3v) is 6.32. The lowest BCUT2D eigenvalue weighted by Crippen LogP contribution is -2.44. The number of halogens is 2. The van der Waals surface area contributed by atoms with E-state index in [2.05, 4.69) is 0 Å². The molecule has 1 aliphatic heterocycles. The number of sulfonamides is 1. The molecule has 1 aromatic rings. The molecular weight excluding hydrogens is 327 g/mol. The number of hydrogen-bond acceptors (Lipinski definition) is 3. The summed E-state index contributed by atoms with van der Waals surface area (Å²) < 4.78 is 41.0. The van der Waals surface area contributed by atoms with E-state index in [-0.39, 0.29) is 23.3 Å². The van der Waals surface area contributed by atoms with Crippen LogP contribution in [0.2, 0.25) is 0 Å². The van der Waals surface area contributed by atoms with E-state index in [1.54, 1.807) is 18.2 Å². The van der Waals surface area contributed by atoms with Crippen LogP contribution in [0.25, 0.3) is 0 Å². The Morgan fingerprint density at radius 1 is 1.27 bits per heavy atom. The molecule has 1 unspecified atom stereocenters. The van der Waals surface area contributed by atoms with E-state index in [0.29, 0.717) is 30.6 Å². The molecule has 126 valence electrons. The molecule has 1 aromatic carbocycles. The Hall–Kier alpha value is -0.690. The van der Waals surface area contributed by atoms with E-state index in [4.69, 9.17) is 5.73 Å². The van der Waals surface area contributed by atoms with Crippen molar-refractivity contribution in [3.05, 3.63) is 29.1 Å². The fraction of sp³-hybridized carbons (Fsp3) is 0.600. The minimum atomic E-state index is -3.60. The van der Waals surface area contributed by atoms with Crippen LogP contribution in [0.1, 0.15) is 36.8 Å². The van der Waals surface area contributed by atoms with Crippen molar-refractivity contribution in [1.29, 1.82) is 0 Å². The maximum Gasteiger partial charge on any atom is 0.243 e. The van der Waals surface area contributed by atoms with Crippen molar-refractivity contribution in [3.8, 4) is 0 Å². The summed E-state index contributed by atoms with van der Waals surface area (Å²) in [4.78, 5) is 0.243. The van der Waals surface area contributed by atoms with Crippen LogP contribution in [0, 0.1) is 19.7 Å². The van der Waals surface area contributed by atoms with Crippen molar-refractivity contribution >= 4 is 22.4 Å². The predicted molar refractivity (Wildman–Crippen MR) is 88.3 cm³/mol. The Bertz CT molecular complexity index is 597. The first-order valence-electron chi connectivity index (χ1n) is 7.36. The second-order valence-electron chi connectivity index (χ2n) is 5.71. The molecule has 22 heavy (non-hydrogen) atoms. The topological polar surface area (TPSA) is 63.4 Å². The van der Waals surface area contributed by atoms with Crippen LogP contribution in [0.15, 0.2) is 17.0 Å². The highest BCUT2D eigenvalue weighted by Crippen LogP contribution is 2.30. The summed E-state index contributed by atoms with van der Waals surface area (Å²) in [6, 6.07) is 2.52. The molecule has 1 fully saturated rings. The maximum atomic E-state index is 13.4. The van der Waals surface area contributed by atoms with Gasteiger partial charge in [-0.1, -0.05) is 6.42 Å². The Morgan fingerprint density at radius 2 is 1.86 bits per heavy atom. The van der Waals surface area contributed by atoms with Crippen LogP contribution in [-0.2, 0) is 10.0 Å². The number of rotatable bonds is 4. The summed E-state index contributed by atoms with van der Waals surface area (Å²) in [6.07, 6.45) is 3.39. The molecule has 0 aliphatic carbocycles. The molecular formula is C15H24ClFN2O2S. The van der Waals surface area contributed by atoms with Crippen molar-refractivity contribution in [3.63, 3.8) is 0 Å². The summed E-state index contributed by atoms with van der Waals surface area (Å²) in [6.45, 7) is 4.27. The Morgan fingerprint density at radius 3 is 2.41 bits per heavy atom. The summed E-state index contributed by atoms with van der Waals surface area (Å²) in [5, 5.41) is 0. The van der Waals surface area contributed by atoms with Crippen molar-refractivity contribution < 1.29 is 12.8 Å². The standard InChI is InChI=1S/C15H23FN2O2S.ClH/c1-11-9-13(16)10-12(2)15(11)21(19,20)18-8-4-3-5-14(18)6-7-17;/h9-10,14H,3-8,17H2,1-2H3;1H. The lowest BCUT2D eigenvalue weighted by Gasteiger charge is -2.35. The first kappa shape index (κ1) is 19.4. The van der Waals surface area contributed by atoms with Gasteiger partial charge < -0.3 is 5.73 Å². The number of benzene rings is 1. The molecule has 0 aromatic heterocycles.